The first kappa shape index (κ1) is 25.8. The van der Waals surface area contributed by atoms with Gasteiger partial charge in [-0.2, -0.15) is 0 Å². The minimum absolute atomic E-state index is 0.117. The number of nitrogens with two attached hydrogens (primary N) is 1. The number of carbonyl (C=O) groups is 2. The van der Waals surface area contributed by atoms with Gasteiger partial charge < -0.3 is 16.0 Å². The summed E-state index contributed by atoms with van der Waals surface area (Å²) >= 11 is 13.0. The molecule has 192 valence electrons. The van der Waals surface area contributed by atoms with Crippen LogP contribution in [0.25, 0.3) is 0 Å². The highest BCUT2D eigenvalue weighted by Crippen LogP contribution is 2.47. The molecule has 3 aromatic rings. The SMILES string of the molecule is C[C@H](NC(=O)[C@@H]1c2ccccc2C(=O)N([C@H]2CCCC[C@@H]2N)[C@H]1c1ccc(Cl)cc1Cl)c1ccccc1. The number of nitrogens with zero attached hydrogens (tertiary/aromatic N) is 1. The number of hydrogen-bond acceptors (Lipinski definition) is 3. The Kier molecular flexibility index (Phi) is 7.57. The first-order valence-electron chi connectivity index (χ1n) is 12.8. The third-order valence-corrected chi connectivity index (χ3v) is 8.30. The zero-order chi connectivity index (χ0) is 26.1. The number of carbonyl (C=O) groups excluding carboxylic acids is 2. The normalized spacial score (nSPS) is 24.3. The lowest BCUT2D eigenvalue weighted by Crippen LogP contribution is -2.57. The molecule has 1 heterocycles. The number of fused-ring (bicyclic) bond motifs is 1. The fraction of sp³-hybridized carbons (Fsp3) is 0.333. The van der Waals surface area contributed by atoms with Crippen LogP contribution in [-0.2, 0) is 4.79 Å². The van der Waals surface area contributed by atoms with Crippen molar-refractivity contribution in [2.45, 2.75) is 62.7 Å². The molecule has 1 saturated carbocycles. The summed E-state index contributed by atoms with van der Waals surface area (Å²) in [4.78, 5) is 30.1. The Morgan fingerprint density at radius 2 is 1.68 bits per heavy atom. The molecule has 5 atom stereocenters. The van der Waals surface area contributed by atoms with Crippen molar-refractivity contribution in [3.8, 4) is 0 Å². The van der Waals surface area contributed by atoms with Crippen molar-refractivity contribution in [3.05, 3.63) is 105 Å². The van der Waals surface area contributed by atoms with Gasteiger partial charge in [0.2, 0.25) is 5.91 Å². The number of amides is 2. The Morgan fingerprint density at radius 3 is 2.41 bits per heavy atom. The van der Waals surface area contributed by atoms with Crippen molar-refractivity contribution in [1.29, 1.82) is 0 Å². The Labute approximate surface area is 227 Å². The number of benzene rings is 3. The Balaban J connectivity index is 1.65. The molecule has 1 fully saturated rings. The Hall–Kier alpha value is -2.86. The van der Waals surface area contributed by atoms with Crippen molar-refractivity contribution in [2.75, 3.05) is 0 Å². The Morgan fingerprint density at radius 1 is 0.973 bits per heavy atom. The lowest BCUT2D eigenvalue weighted by molar-refractivity contribution is -0.125. The minimum atomic E-state index is -0.673. The molecule has 2 amide bonds. The van der Waals surface area contributed by atoms with E-state index in [2.05, 4.69) is 5.32 Å². The molecule has 3 N–H and O–H groups in total. The van der Waals surface area contributed by atoms with Crippen molar-refractivity contribution in [3.63, 3.8) is 0 Å². The van der Waals surface area contributed by atoms with Gasteiger partial charge in [0.25, 0.3) is 5.91 Å². The van der Waals surface area contributed by atoms with Crippen LogP contribution in [0.3, 0.4) is 0 Å². The molecule has 0 spiro atoms. The predicted octanol–water partition coefficient (Wildman–Crippen LogP) is 6.42. The standard InChI is InChI=1S/C30H31Cl2N3O2/c1-18(19-9-3-2-4-10-19)34-29(36)27-21-11-5-6-12-22(21)30(37)35(26-14-8-7-13-25(26)33)28(27)23-16-15-20(31)17-24(23)32/h2-6,9-12,15-18,25-28H,7-8,13-14,33H2,1H3,(H,34,36)/t18-,25-,26-,27+,28-/m0/s1. The molecule has 5 nitrogen and oxygen atoms in total. The highest BCUT2D eigenvalue weighted by atomic mass is 35.5. The summed E-state index contributed by atoms with van der Waals surface area (Å²) in [7, 11) is 0. The van der Waals surface area contributed by atoms with Gasteiger partial charge in [-0.05, 0) is 54.7 Å². The van der Waals surface area contributed by atoms with Crippen LogP contribution < -0.4 is 11.1 Å². The van der Waals surface area contributed by atoms with E-state index < -0.39 is 12.0 Å². The fourth-order valence-corrected chi connectivity index (χ4v) is 6.41. The van der Waals surface area contributed by atoms with E-state index in [9.17, 15) is 9.59 Å². The molecule has 0 bridgehead atoms. The lowest BCUT2D eigenvalue weighted by Gasteiger charge is -2.48. The van der Waals surface area contributed by atoms with E-state index >= 15 is 0 Å². The molecule has 1 aliphatic carbocycles. The minimum Gasteiger partial charge on any atom is -0.349 e. The molecule has 0 unspecified atom stereocenters. The molecule has 3 aromatic carbocycles. The summed E-state index contributed by atoms with van der Waals surface area (Å²) in [6, 6.07) is 21.3. The largest absolute Gasteiger partial charge is 0.349 e. The number of hydrogen-bond donors (Lipinski definition) is 2. The number of halogens is 2. The van der Waals surface area contributed by atoms with Crippen LogP contribution in [0.4, 0.5) is 0 Å². The highest BCUT2D eigenvalue weighted by Gasteiger charge is 2.48. The van der Waals surface area contributed by atoms with Gasteiger partial charge in [0.05, 0.1) is 18.0 Å². The molecule has 5 rings (SSSR count). The zero-order valence-electron chi connectivity index (χ0n) is 20.7. The van der Waals surface area contributed by atoms with Crippen molar-refractivity contribution in [2.24, 2.45) is 5.73 Å². The first-order valence-corrected chi connectivity index (χ1v) is 13.6. The van der Waals surface area contributed by atoms with Gasteiger partial charge in [-0.3, -0.25) is 9.59 Å². The van der Waals surface area contributed by atoms with Crippen molar-refractivity contribution in [1.82, 2.24) is 10.2 Å². The summed E-state index contributed by atoms with van der Waals surface area (Å²) in [6.07, 6.45) is 3.62. The molecular formula is C30H31Cl2N3O2. The second-order valence-electron chi connectivity index (χ2n) is 10.0. The van der Waals surface area contributed by atoms with Gasteiger partial charge in [0.15, 0.2) is 0 Å². The third kappa shape index (κ3) is 5.00. The maximum Gasteiger partial charge on any atom is 0.255 e. The van der Waals surface area contributed by atoms with E-state index in [1.165, 1.54) is 0 Å². The number of rotatable bonds is 5. The van der Waals surface area contributed by atoms with Crippen LogP contribution in [0.1, 0.15) is 77.7 Å². The maximum atomic E-state index is 14.2. The second kappa shape index (κ2) is 10.9. The zero-order valence-corrected chi connectivity index (χ0v) is 22.3. The first-order chi connectivity index (χ1) is 17.9. The smallest absolute Gasteiger partial charge is 0.255 e. The monoisotopic (exact) mass is 535 g/mol. The van der Waals surface area contributed by atoms with E-state index in [4.69, 9.17) is 28.9 Å². The predicted molar refractivity (Wildman–Crippen MR) is 148 cm³/mol. The van der Waals surface area contributed by atoms with Gasteiger partial charge in [-0.15, -0.1) is 0 Å². The van der Waals surface area contributed by atoms with Crippen LogP contribution in [0.2, 0.25) is 10.0 Å². The van der Waals surface area contributed by atoms with Crippen LogP contribution in [-0.4, -0.2) is 28.8 Å². The molecule has 7 heteroatoms. The summed E-state index contributed by atoms with van der Waals surface area (Å²) < 4.78 is 0. The van der Waals surface area contributed by atoms with Crippen LogP contribution in [0, 0.1) is 0 Å². The molecule has 2 aliphatic rings. The average molecular weight is 537 g/mol. The Bertz CT molecular complexity index is 1300. The van der Waals surface area contributed by atoms with E-state index in [1.807, 2.05) is 66.4 Å². The van der Waals surface area contributed by atoms with E-state index in [0.29, 0.717) is 26.7 Å². The maximum absolute atomic E-state index is 14.2. The third-order valence-electron chi connectivity index (χ3n) is 7.74. The average Bonchev–Trinajstić information content (AvgIpc) is 2.90. The number of nitrogens with one attached hydrogen (secondary N) is 1. The molecule has 37 heavy (non-hydrogen) atoms. The van der Waals surface area contributed by atoms with Gasteiger partial charge >= 0.3 is 0 Å². The molecule has 0 saturated heterocycles. The van der Waals surface area contributed by atoms with Gasteiger partial charge in [-0.1, -0.05) is 90.6 Å². The van der Waals surface area contributed by atoms with Gasteiger partial charge in [-0.25, -0.2) is 0 Å². The van der Waals surface area contributed by atoms with Crippen LogP contribution >= 0.6 is 23.2 Å². The van der Waals surface area contributed by atoms with Gasteiger partial charge in [0, 0.05) is 27.7 Å². The van der Waals surface area contributed by atoms with Crippen LogP contribution in [0.5, 0.6) is 0 Å². The molecule has 1 aliphatic heterocycles. The second-order valence-corrected chi connectivity index (χ2v) is 10.9. The summed E-state index contributed by atoms with van der Waals surface area (Å²) in [5.41, 5.74) is 9.55. The van der Waals surface area contributed by atoms with Crippen molar-refractivity contribution < 1.29 is 9.59 Å². The van der Waals surface area contributed by atoms with Crippen molar-refractivity contribution >= 4 is 35.0 Å². The lowest BCUT2D eigenvalue weighted by atomic mass is 9.76. The summed E-state index contributed by atoms with van der Waals surface area (Å²) in [5, 5.41) is 4.13. The highest BCUT2D eigenvalue weighted by molar-refractivity contribution is 6.35. The van der Waals surface area contributed by atoms with Gasteiger partial charge in [0.1, 0.15) is 0 Å². The molecular weight excluding hydrogens is 505 g/mol. The van der Waals surface area contributed by atoms with E-state index in [0.717, 1.165) is 31.2 Å². The quantitative estimate of drug-likeness (QED) is 0.395. The van der Waals surface area contributed by atoms with Crippen LogP contribution in [0.15, 0.2) is 72.8 Å². The van der Waals surface area contributed by atoms with E-state index in [1.54, 1.807) is 18.2 Å². The fourth-order valence-electron chi connectivity index (χ4n) is 5.88. The molecule has 0 radical (unpaired) electrons. The topological polar surface area (TPSA) is 75.4 Å². The van der Waals surface area contributed by atoms with E-state index in [-0.39, 0.29) is 29.9 Å². The summed E-state index contributed by atoms with van der Waals surface area (Å²) in [5.74, 6) is -0.955. The summed E-state index contributed by atoms with van der Waals surface area (Å²) in [6.45, 7) is 1.96. The molecule has 0 aromatic heterocycles.